The molecule has 0 saturated carbocycles. The lowest BCUT2D eigenvalue weighted by Crippen LogP contribution is -2.29. The Bertz CT molecular complexity index is 1400. The van der Waals surface area contributed by atoms with E-state index in [1.54, 1.807) is 39.0 Å². The summed E-state index contributed by atoms with van der Waals surface area (Å²) in [5, 5.41) is 11.3. The maximum absolute atomic E-state index is 13.7. The number of carbonyl (C=O) groups excluding carboxylic acids is 3. The molecule has 4 rings (SSSR count). The maximum atomic E-state index is 13.7. The number of aromatic nitrogens is 1. The lowest BCUT2D eigenvalue weighted by atomic mass is 9.95. The van der Waals surface area contributed by atoms with Gasteiger partial charge >= 0.3 is 11.9 Å². The molecule has 36 heavy (non-hydrogen) atoms. The molecule has 1 saturated heterocycles. The van der Waals surface area contributed by atoms with Gasteiger partial charge in [0.15, 0.2) is 5.13 Å². The van der Waals surface area contributed by atoms with Gasteiger partial charge in [0.05, 0.1) is 31.0 Å². The number of thiazole rings is 1. The first-order valence-corrected chi connectivity index (χ1v) is 11.9. The molecule has 0 bridgehead atoms. The average Bonchev–Trinajstić information content (AvgIpc) is 3.36. The van der Waals surface area contributed by atoms with Crippen LogP contribution in [0.2, 0.25) is 0 Å². The van der Waals surface area contributed by atoms with Crippen LogP contribution in [0, 0.1) is 19.7 Å². The monoisotopic (exact) mass is 510 g/mol. The molecule has 1 amide bonds. The molecule has 2 heterocycles. The number of halogens is 1. The van der Waals surface area contributed by atoms with Crippen LogP contribution in [0.5, 0.6) is 5.75 Å². The highest BCUT2D eigenvalue weighted by molar-refractivity contribution is 7.17. The third-order valence-corrected chi connectivity index (χ3v) is 6.89. The number of methoxy groups -OCH3 is 1. The number of Topliss-reactive ketones (excluding diaryl/α,β-unsaturated/α-hetero) is 1. The zero-order valence-electron chi connectivity index (χ0n) is 20.0. The van der Waals surface area contributed by atoms with Crippen LogP contribution in [0.25, 0.3) is 5.76 Å². The van der Waals surface area contributed by atoms with E-state index in [-0.39, 0.29) is 22.2 Å². The number of carbonyl (C=O) groups is 3. The normalized spacial score (nSPS) is 16.9. The summed E-state index contributed by atoms with van der Waals surface area (Å²) in [6.07, 6.45) is 0. The molecule has 1 N–H and O–H groups in total. The topological polar surface area (TPSA) is 106 Å². The molecule has 1 aromatic heterocycles. The van der Waals surface area contributed by atoms with Crippen LogP contribution in [-0.2, 0) is 14.3 Å². The van der Waals surface area contributed by atoms with Gasteiger partial charge in [-0.05, 0) is 62.2 Å². The summed E-state index contributed by atoms with van der Waals surface area (Å²) in [4.78, 5) is 44.6. The molecule has 8 nitrogen and oxygen atoms in total. The Kier molecular flexibility index (Phi) is 6.89. The van der Waals surface area contributed by atoms with Crippen molar-refractivity contribution in [3.8, 4) is 5.75 Å². The third-order valence-electron chi connectivity index (χ3n) is 5.75. The van der Waals surface area contributed by atoms with Gasteiger partial charge < -0.3 is 14.6 Å². The summed E-state index contributed by atoms with van der Waals surface area (Å²) in [7, 11) is 1.52. The van der Waals surface area contributed by atoms with E-state index in [1.165, 1.54) is 31.4 Å². The molecule has 0 radical (unpaired) electrons. The molecule has 186 valence electrons. The second-order valence-electron chi connectivity index (χ2n) is 8.04. The number of aliphatic hydroxyl groups excluding tert-OH is 1. The van der Waals surface area contributed by atoms with E-state index in [2.05, 4.69) is 4.98 Å². The first-order chi connectivity index (χ1) is 17.2. The summed E-state index contributed by atoms with van der Waals surface area (Å²) < 4.78 is 24.0. The number of aliphatic hydroxyl groups is 1. The Balaban J connectivity index is 1.91. The molecule has 1 atom stereocenters. The number of ketones is 1. The first-order valence-electron chi connectivity index (χ1n) is 11.0. The highest BCUT2D eigenvalue weighted by atomic mass is 32.1. The van der Waals surface area contributed by atoms with Crippen molar-refractivity contribution in [1.82, 2.24) is 4.98 Å². The van der Waals surface area contributed by atoms with Crippen LogP contribution in [0.3, 0.4) is 0 Å². The van der Waals surface area contributed by atoms with Gasteiger partial charge in [-0.2, -0.15) is 0 Å². The highest BCUT2D eigenvalue weighted by Gasteiger charge is 2.48. The van der Waals surface area contributed by atoms with Gasteiger partial charge in [0.1, 0.15) is 22.2 Å². The first kappa shape index (κ1) is 25.1. The number of rotatable bonds is 6. The van der Waals surface area contributed by atoms with Crippen molar-refractivity contribution < 1.29 is 33.4 Å². The van der Waals surface area contributed by atoms with E-state index in [1.807, 2.05) is 0 Å². The number of anilines is 1. The van der Waals surface area contributed by atoms with Crippen molar-refractivity contribution in [1.29, 1.82) is 0 Å². The van der Waals surface area contributed by atoms with Gasteiger partial charge in [0.2, 0.25) is 0 Å². The Morgan fingerprint density at radius 1 is 1.17 bits per heavy atom. The molecule has 0 aliphatic carbocycles. The fourth-order valence-electron chi connectivity index (χ4n) is 4.04. The fourth-order valence-corrected chi connectivity index (χ4v) is 5.03. The third kappa shape index (κ3) is 4.35. The van der Waals surface area contributed by atoms with Crippen LogP contribution in [0.1, 0.15) is 45.0 Å². The smallest absolute Gasteiger partial charge is 0.350 e. The highest BCUT2D eigenvalue weighted by Crippen LogP contribution is 2.44. The van der Waals surface area contributed by atoms with Crippen molar-refractivity contribution in [2.45, 2.75) is 26.8 Å². The van der Waals surface area contributed by atoms with Crippen LogP contribution in [0.15, 0.2) is 48.0 Å². The van der Waals surface area contributed by atoms with Crippen molar-refractivity contribution in [2.75, 3.05) is 18.6 Å². The second kappa shape index (κ2) is 9.90. The molecule has 2 aromatic carbocycles. The minimum atomic E-state index is -1.10. The average molecular weight is 511 g/mol. The lowest BCUT2D eigenvalue weighted by molar-refractivity contribution is -0.132. The molecule has 3 aromatic rings. The molecular weight excluding hydrogens is 487 g/mol. The lowest BCUT2D eigenvalue weighted by Gasteiger charge is -2.23. The van der Waals surface area contributed by atoms with Crippen molar-refractivity contribution in [3.05, 3.63) is 81.1 Å². The van der Waals surface area contributed by atoms with Gasteiger partial charge in [0.25, 0.3) is 5.78 Å². The maximum Gasteiger partial charge on any atom is 0.350 e. The second-order valence-corrected chi connectivity index (χ2v) is 9.01. The van der Waals surface area contributed by atoms with Crippen LogP contribution >= 0.6 is 11.3 Å². The van der Waals surface area contributed by atoms with E-state index >= 15 is 0 Å². The Labute approximate surface area is 210 Å². The van der Waals surface area contributed by atoms with E-state index in [0.29, 0.717) is 28.1 Å². The summed E-state index contributed by atoms with van der Waals surface area (Å²) in [6, 6.07) is 9.00. The van der Waals surface area contributed by atoms with E-state index in [0.717, 1.165) is 16.2 Å². The molecule has 0 spiro atoms. The number of hydrogen-bond donors (Lipinski definition) is 1. The van der Waals surface area contributed by atoms with Gasteiger partial charge in [-0.15, -0.1) is 0 Å². The molecule has 1 fully saturated rings. The summed E-state index contributed by atoms with van der Waals surface area (Å²) in [5.74, 6) is -2.76. The van der Waals surface area contributed by atoms with Gasteiger partial charge in [0, 0.05) is 5.56 Å². The number of aryl methyl sites for hydroxylation is 2. The van der Waals surface area contributed by atoms with E-state index in [4.69, 9.17) is 9.47 Å². The molecular formula is C26H23FN2O6S. The molecule has 1 aliphatic rings. The van der Waals surface area contributed by atoms with Crippen molar-refractivity contribution in [3.63, 3.8) is 0 Å². The Morgan fingerprint density at radius 3 is 2.47 bits per heavy atom. The number of nitrogens with zero attached hydrogens (tertiary/aromatic N) is 2. The predicted molar refractivity (Wildman–Crippen MR) is 132 cm³/mol. The summed E-state index contributed by atoms with van der Waals surface area (Å²) in [5.41, 5.74) is 1.55. The number of benzene rings is 2. The van der Waals surface area contributed by atoms with Gasteiger partial charge in [-0.25, -0.2) is 14.2 Å². The molecule has 10 heteroatoms. The number of ether oxygens (including phenoxy) is 2. The number of amides is 1. The fraction of sp³-hybridized carbons (Fsp3) is 0.231. The molecule has 1 aliphatic heterocycles. The number of esters is 1. The Morgan fingerprint density at radius 2 is 1.86 bits per heavy atom. The minimum absolute atomic E-state index is 0.0805. The minimum Gasteiger partial charge on any atom is -0.507 e. The van der Waals surface area contributed by atoms with Gasteiger partial charge in [-0.1, -0.05) is 23.5 Å². The number of hydrogen-bond acceptors (Lipinski definition) is 8. The Hall–Kier alpha value is -4.05. The standard InChI is InChI=1S/C26H23FN2O6S/c1-5-35-25(33)23-14(3)28-26(36-23)29-20(15-6-9-17(27)10-7-15)19(22(31)24(29)32)21(30)16-8-11-18(34-4)13(2)12-16/h6-12,20,30H,5H2,1-4H3/t20-/m1/s1. The quantitative estimate of drug-likeness (QED) is 0.222. The van der Waals surface area contributed by atoms with E-state index < -0.39 is 35.3 Å². The largest absolute Gasteiger partial charge is 0.507 e. The van der Waals surface area contributed by atoms with Crippen LogP contribution < -0.4 is 9.64 Å². The van der Waals surface area contributed by atoms with Crippen molar-refractivity contribution >= 4 is 39.9 Å². The van der Waals surface area contributed by atoms with Crippen LogP contribution in [-0.4, -0.2) is 41.5 Å². The summed E-state index contributed by atoms with van der Waals surface area (Å²) in [6.45, 7) is 5.20. The van der Waals surface area contributed by atoms with Crippen molar-refractivity contribution in [2.24, 2.45) is 0 Å². The SMILES string of the molecule is CCOC(=O)c1sc(N2C(=O)C(=O)C(=C(O)c3ccc(OC)c(C)c3)[C@H]2c2ccc(F)cc2)nc1C. The summed E-state index contributed by atoms with van der Waals surface area (Å²) >= 11 is 0.902. The van der Waals surface area contributed by atoms with E-state index in [9.17, 15) is 23.9 Å². The predicted octanol–water partition coefficient (Wildman–Crippen LogP) is 4.71. The van der Waals surface area contributed by atoms with Crippen LogP contribution in [0.4, 0.5) is 9.52 Å². The molecule has 0 unspecified atom stereocenters. The zero-order chi connectivity index (χ0) is 26.1. The van der Waals surface area contributed by atoms with Gasteiger partial charge in [-0.3, -0.25) is 14.5 Å². The zero-order valence-corrected chi connectivity index (χ0v) is 20.8.